The fraction of sp³-hybridized carbons (Fsp3) is 0.0455. The highest BCUT2D eigenvalue weighted by molar-refractivity contribution is 5.96. The van der Waals surface area contributed by atoms with Crippen LogP contribution in [0.3, 0.4) is 0 Å². The van der Waals surface area contributed by atoms with Gasteiger partial charge < -0.3 is 9.47 Å². The molecular formula is C22H18FNO2. The van der Waals surface area contributed by atoms with E-state index in [-0.39, 0.29) is 5.82 Å². The molecule has 4 heteroatoms. The highest BCUT2D eigenvalue weighted by Crippen LogP contribution is 2.18. The van der Waals surface area contributed by atoms with Crippen molar-refractivity contribution in [1.29, 1.82) is 0 Å². The molecule has 0 aliphatic heterocycles. The average Bonchev–Trinajstić information content (AvgIpc) is 2.69. The number of ether oxygens (including phenoxy) is 2. The maximum atomic E-state index is 13.1. The van der Waals surface area contributed by atoms with Crippen LogP contribution in [0.25, 0.3) is 0 Å². The molecule has 3 aromatic carbocycles. The summed E-state index contributed by atoms with van der Waals surface area (Å²) in [5, 5.41) is 0. The minimum absolute atomic E-state index is 0.321. The van der Waals surface area contributed by atoms with Crippen molar-refractivity contribution in [1.82, 2.24) is 0 Å². The zero-order chi connectivity index (χ0) is 18.2. The molecular weight excluding hydrogens is 329 g/mol. The van der Waals surface area contributed by atoms with Gasteiger partial charge in [-0.15, -0.1) is 0 Å². The standard InChI is InChI=1S/C22H18FNO2/c1-17(16-25-20-10-6-3-7-11-20)22(24-19-8-4-2-5-9-19)26-21-14-12-18(23)13-15-21/h2-16H,1H3/b17-16+,24-22+. The van der Waals surface area contributed by atoms with Crippen LogP contribution in [-0.2, 0) is 0 Å². The summed E-state index contributed by atoms with van der Waals surface area (Å²) in [5.41, 5.74) is 1.44. The Morgan fingerprint density at radius 3 is 2.08 bits per heavy atom. The minimum Gasteiger partial charge on any atom is -0.465 e. The summed E-state index contributed by atoms with van der Waals surface area (Å²) in [6, 6.07) is 24.7. The monoisotopic (exact) mass is 347 g/mol. The van der Waals surface area contributed by atoms with E-state index in [9.17, 15) is 4.39 Å². The lowest BCUT2D eigenvalue weighted by molar-refractivity contribution is 0.473. The van der Waals surface area contributed by atoms with E-state index in [2.05, 4.69) is 4.99 Å². The van der Waals surface area contributed by atoms with Gasteiger partial charge in [-0.3, -0.25) is 0 Å². The van der Waals surface area contributed by atoms with Crippen molar-refractivity contribution >= 4 is 11.6 Å². The second kappa shape index (κ2) is 8.62. The maximum Gasteiger partial charge on any atom is 0.225 e. The highest BCUT2D eigenvalue weighted by atomic mass is 19.1. The smallest absolute Gasteiger partial charge is 0.225 e. The zero-order valence-electron chi connectivity index (χ0n) is 14.3. The van der Waals surface area contributed by atoms with Crippen LogP contribution in [0.15, 0.2) is 102 Å². The third-order valence-corrected chi connectivity index (χ3v) is 3.47. The number of hydrogen-bond acceptors (Lipinski definition) is 3. The van der Waals surface area contributed by atoms with Crippen LogP contribution in [0, 0.1) is 5.82 Å². The summed E-state index contributed by atoms with van der Waals surface area (Å²) in [7, 11) is 0. The van der Waals surface area contributed by atoms with E-state index in [1.807, 2.05) is 67.6 Å². The first kappa shape index (κ1) is 17.4. The molecule has 3 aromatic rings. The van der Waals surface area contributed by atoms with Crippen LogP contribution < -0.4 is 9.47 Å². The molecule has 0 N–H and O–H groups in total. The number of halogens is 1. The van der Waals surface area contributed by atoms with Crippen LogP contribution in [0.4, 0.5) is 10.1 Å². The molecule has 0 aromatic heterocycles. The third kappa shape index (κ3) is 5.05. The quantitative estimate of drug-likeness (QED) is 0.326. The maximum absolute atomic E-state index is 13.1. The Hall–Kier alpha value is -3.40. The van der Waals surface area contributed by atoms with E-state index >= 15 is 0 Å². The minimum atomic E-state index is -0.321. The average molecular weight is 347 g/mol. The fourth-order valence-electron chi connectivity index (χ4n) is 2.13. The Kier molecular flexibility index (Phi) is 5.78. The van der Waals surface area contributed by atoms with Gasteiger partial charge in [0.15, 0.2) is 0 Å². The molecule has 0 spiro atoms. The van der Waals surface area contributed by atoms with Gasteiger partial charge in [0.2, 0.25) is 5.90 Å². The molecule has 0 radical (unpaired) electrons. The van der Waals surface area contributed by atoms with Gasteiger partial charge in [-0.1, -0.05) is 36.4 Å². The predicted molar refractivity (Wildman–Crippen MR) is 101 cm³/mol. The second-order valence-corrected chi connectivity index (χ2v) is 5.54. The molecule has 0 amide bonds. The molecule has 0 aliphatic rings. The van der Waals surface area contributed by atoms with Crippen molar-refractivity contribution < 1.29 is 13.9 Å². The van der Waals surface area contributed by atoms with Crippen LogP contribution in [0.1, 0.15) is 6.92 Å². The van der Waals surface area contributed by atoms with Crippen LogP contribution in [0.2, 0.25) is 0 Å². The lowest BCUT2D eigenvalue weighted by Gasteiger charge is -2.10. The number of benzene rings is 3. The summed E-state index contributed by atoms with van der Waals surface area (Å²) < 4.78 is 24.6. The summed E-state index contributed by atoms with van der Waals surface area (Å²) in [6.07, 6.45) is 1.58. The van der Waals surface area contributed by atoms with E-state index < -0.39 is 0 Å². The van der Waals surface area contributed by atoms with Crippen molar-refractivity contribution in [3.8, 4) is 11.5 Å². The Morgan fingerprint density at radius 2 is 1.42 bits per heavy atom. The fourth-order valence-corrected chi connectivity index (χ4v) is 2.13. The van der Waals surface area contributed by atoms with Crippen molar-refractivity contribution in [3.05, 3.63) is 103 Å². The normalized spacial score (nSPS) is 11.9. The highest BCUT2D eigenvalue weighted by Gasteiger charge is 2.08. The SMILES string of the molecule is CC(=C\Oc1ccccc1)/C(=N\c1ccccc1)Oc1ccc(F)cc1. The first-order valence-electron chi connectivity index (χ1n) is 8.17. The molecule has 130 valence electrons. The van der Waals surface area contributed by atoms with E-state index in [0.717, 1.165) is 5.69 Å². The van der Waals surface area contributed by atoms with Crippen LogP contribution in [0.5, 0.6) is 11.5 Å². The molecule has 26 heavy (non-hydrogen) atoms. The third-order valence-electron chi connectivity index (χ3n) is 3.47. The lowest BCUT2D eigenvalue weighted by Crippen LogP contribution is -2.11. The number of nitrogens with zero attached hydrogens (tertiary/aromatic N) is 1. The zero-order valence-corrected chi connectivity index (χ0v) is 14.3. The van der Waals surface area contributed by atoms with Crippen LogP contribution in [-0.4, -0.2) is 5.90 Å². The molecule has 0 atom stereocenters. The Balaban J connectivity index is 1.86. The Bertz CT molecular complexity index is 888. The largest absolute Gasteiger partial charge is 0.465 e. The first-order valence-corrected chi connectivity index (χ1v) is 8.17. The van der Waals surface area contributed by atoms with Gasteiger partial charge >= 0.3 is 0 Å². The van der Waals surface area contributed by atoms with Crippen molar-refractivity contribution in [3.63, 3.8) is 0 Å². The molecule has 0 unspecified atom stereocenters. The topological polar surface area (TPSA) is 30.8 Å². The molecule has 0 bridgehead atoms. The van der Waals surface area contributed by atoms with Crippen molar-refractivity contribution in [2.45, 2.75) is 6.92 Å². The van der Waals surface area contributed by atoms with Gasteiger partial charge in [0.1, 0.15) is 17.3 Å². The van der Waals surface area contributed by atoms with Crippen molar-refractivity contribution in [2.24, 2.45) is 4.99 Å². The van der Waals surface area contributed by atoms with Gasteiger partial charge in [-0.05, 0) is 55.5 Å². The molecule has 3 rings (SSSR count). The van der Waals surface area contributed by atoms with Gasteiger partial charge in [-0.2, -0.15) is 0 Å². The summed E-state index contributed by atoms with van der Waals surface area (Å²) in [4.78, 5) is 4.54. The predicted octanol–water partition coefficient (Wildman–Crippen LogP) is 5.92. The van der Waals surface area contributed by atoms with Gasteiger partial charge in [0, 0.05) is 5.57 Å². The second-order valence-electron chi connectivity index (χ2n) is 5.54. The van der Waals surface area contributed by atoms with Gasteiger partial charge in [-0.25, -0.2) is 9.38 Å². The number of para-hydroxylation sites is 2. The molecule has 0 saturated carbocycles. The van der Waals surface area contributed by atoms with E-state index in [1.54, 1.807) is 18.4 Å². The molecule has 3 nitrogen and oxygen atoms in total. The van der Waals surface area contributed by atoms with Gasteiger partial charge in [0.05, 0.1) is 11.9 Å². The van der Waals surface area contributed by atoms with Crippen molar-refractivity contribution in [2.75, 3.05) is 0 Å². The Labute approximate surface area is 152 Å². The lowest BCUT2D eigenvalue weighted by atomic mass is 10.3. The van der Waals surface area contributed by atoms with E-state index in [0.29, 0.717) is 23.0 Å². The molecule has 0 aliphatic carbocycles. The van der Waals surface area contributed by atoms with E-state index in [4.69, 9.17) is 9.47 Å². The summed E-state index contributed by atoms with van der Waals surface area (Å²) in [5.74, 6) is 1.26. The molecule has 0 saturated heterocycles. The summed E-state index contributed by atoms with van der Waals surface area (Å²) >= 11 is 0. The number of hydrogen-bond donors (Lipinski definition) is 0. The number of aliphatic imine (C=N–C) groups is 1. The van der Waals surface area contributed by atoms with E-state index in [1.165, 1.54) is 12.1 Å². The Morgan fingerprint density at radius 1 is 0.808 bits per heavy atom. The van der Waals surface area contributed by atoms with Crippen LogP contribution >= 0.6 is 0 Å². The van der Waals surface area contributed by atoms with Gasteiger partial charge in [0.25, 0.3) is 0 Å². The molecule has 0 heterocycles. The first-order chi connectivity index (χ1) is 12.7. The molecule has 0 fully saturated rings. The number of rotatable bonds is 5. The summed E-state index contributed by atoms with van der Waals surface area (Å²) in [6.45, 7) is 1.84.